The quantitative estimate of drug-likeness (QED) is 0.266. The van der Waals surface area contributed by atoms with Crippen LogP contribution in [0.1, 0.15) is 44.7 Å². The van der Waals surface area contributed by atoms with Crippen molar-refractivity contribution in [3.05, 3.63) is 35.4 Å². The van der Waals surface area contributed by atoms with Gasteiger partial charge in [-0.25, -0.2) is 0 Å². The van der Waals surface area contributed by atoms with Crippen molar-refractivity contribution in [3.8, 4) is 0 Å². The highest BCUT2D eigenvalue weighted by molar-refractivity contribution is 14.0. The number of halogens is 1. The summed E-state index contributed by atoms with van der Waals surface area (Å²) in [6.07, 6.45) is 2.79. The molecule has 0 saturated carbocycles. The van der Waals surface area contributed by atoms with Crippen LogP contribution in [0, 0.1) is 5.92 Å². The molecule has 7 heteroatoms. The Morgan fingerprint density at radius 1 is 1.20 bits per heavy atom. The Kier molecular flexibility index (Phi) is 10.4. The lowest BCUT2D eigenvalue weighted by Gasteiger charge is -2.35. The average molecular weight is 528 g/mol. The number of hydrogen-bond donors (Lipinski definition) is 1. The number of benzene rings is 1. The Balaban J connectivity index is 0.00000320. The smallest absolute Gasteiger partial charge is 0.309 e. The molecule has 1 aromatic rings. The van der Waals surface area contributed by atoms with Crippen molar-refractivity contribution >= 4 is 35.9 Å². The van der Waals surface area contributed by atoms with Gasteiger partial charge >= 0.3 is 5.97 Å². The SMILES string of the molecule is CCNC(=NCC(C)N1CCc2ccccc2C1)N1CCC(C(=O)OCC)CC1.I. The third kappa shape index (κ3) is 6.57. The topological polar surface area (TPSA) is 57.2 Å². The fraction of sp³-hybridized carbons (Fsp3) is 0.652. The van der Waals surface area contributed by atoms with Gasteiger partial charge in [0.2, 0.25) is 0 Å². The number of rotatable bonds is 6. The van der Waals surface area contributed by atoms with E-state index in [1.54, 1.807) is 0 Å². The molecule has 0 radical (unpaired) electrons. The molecule has 1 atom stereocenters. The van der Waals surface area contributed by atoms with Gasteiger partial charge in [-0.1, -0.05) is 24.3 Å². The summed E-state index contributed by atoms with van der Waals surface area (Å²) in [5.74, 6) is 0.952. The minimum atomic E-state index is -0.0481. The van der Waals surface area contributed by atoms with Crippen molar-refractivity contribution in [2.24, 2.45) is 10.9 Å². The van der Waals surface area contributed by atoms with Crippen molar-refractivity contribution in [2.75, 3.05) is 39.3 Å². The number of fused-ring (bicyclic) bond motifs is 1. The minimum Gasteiger partial charge on any atom is -0.466 e. The number of guanidine groups is 1. The van der Waals surface area contributed by atoms with E-state index in [0.717, 1.165) is 64.5 Å². The highest BCUT2D eigenvalue weighted by Gasteiger charge is 2.27. The van der Waals surface area contributed by atoms with E-state index in [1.807, 2.05) is 6.92 Å². The summed E-state index contributed by atoms with van der Waals surface area (Å²) in [6, 6.07) is 9.16. The van der Waals surface area contributed by atoms with Gasteiger partial charge in [0.05, 0.1) is 19.1 Å². The highest BCUT2D eigenvalue weighted by Crippen LogP contribution is 2.21. The third-order valence-electron chi connectivity index (χ3n) is 6.04. The molecule has 2 aliphatic rings. The highest BCUT2D eigenvalue weighted by atomic mass is 127. The maximum atomic E-state index is 12.0. The second-order valence-electron chi connectivity index (χ2n) is 8.05. The molecule has 30 heavy (non-hydrogen) atoms. The number of carbonyl (C=O) groups excluding carboxylic acids is 1. The number of hydrogen-bond acceptors (Lipinski definition) is 4. The molecule has 1 N–H and O–H groups in total. The Morgan fingerprint density at radius 2 is 1.90 bits per heavy atom. The van der Waals surface area contributed by atoms with Crippen LogP contribution >= 0.6 is 24.0 Å². The van der Waals surface area contributed by atoms with E-state index in [9.17, 15) is 4.79 Å². The van der Waals surface area contributed by atoms with E-state index in [2.05, 4.69) is 53.2 Å². The molecular weight excluding hydrogens is 491 g/mol. The van der Waals surface area contributed by atoms with Crippen LogP contribution in [0.4, 0.5) is 0 Å². The van der Waals surface area contributed by atoms with Crippen molar-refractivity contribution in [1.29, 1.82) is 0 Å². The van der Waals surface area contributed by atoms with Crippen LogP contribution in [0.2, 0.25) is 0 Å². The fourth-order valence-electron chi connectivity index (χ4n) is 4.24. The molecule has 168 valence electrons. The zero-order chi connectivity index (χ0) is 20.6. The molecule has 3 rings (SSSR count). The summed E-state index contributed by atoms with van der Waals surface area (Å²) >= 11 is 0. The number of ether oxygens (including phenoxy) is 1. The van der Waals surface area contributed by atoms with E-state index in [1.165, 1.54) is 11.1 Å². The van der Waals surface area contributed by atoms with E-state index in [4.69, 9.17) is 9.73 Å². The van der Waals surface area contributed by atoms with Crippen LogP contribution in [-0.4, -0.2) is 67.1 Å². The predicted octanol–water partition coefficient (Wildman–Crippen LogP) is 3.29. The summed E-state index contributed by atoms with van der Waals surface area (Å²) in [7, 11) is 0. The first-order chi connectivity index (χ1) is 14.1. The normalized spacial score (nSPS) is 18.9. The van der Waals surface area contributed by atoms with Crippen LogP contribution in [0.5, 0.6) is 0 Å². The van der Waals surface area contributed by atoms with Gasteiger partial charge in [0.25, 0.3) is 0 Å². The van der Waals surface area contributed by atoms with E-state index in [-0.39, 0.29) is 35.9 Å². The van der Waals surface area contributed by atoms with E-state index in [0.29, 0.717) is 12.6 Å². The molecule has 2 aliphatic heterocycles. The molecule has 1 fully saturated rings. The van der Waals surface area contributed by atoms with E-state index >= 15 is 0 Å². The molecule has 0 bridgehead atoms. The number of aliphatic imine (C=N–C) groups is 1. The second kappa shape index (κ2) is 12.5. The predicted molar refractivity (Wildman–Crippen MR) is 132 cm³/mol. The number of likely N-dealkylation sites (tertiary alicyclic amines) is 1. The molecule has 0 aliphatic carbocycles. The monoisotopic (exact) mass is 528 g/mol. The first kappa shape index (κ1) is 24.9. The molecule has 0 amide bonds. The van der Waals surface area contributed by atoms with Crippen LogP contribution in [0.3, 0.4) is 0 Å². The van der Waals surface area contributed by atoms with Crippen molar-refractivity contribution in [3.63, 3.8) is 0 Å². The van der Waals surface area contributed by atoms with Gasteiger partial charge in [0, 0.05) is 38.8 Å². The summed E-state index contributed by atoms with van der Waals surface area (Å²) in [4.78, 5) is 21.8. The third-order valence-corrected chi connectivity index (χ3v) is 6.04. The molecule has 1 saturated heterocycles. The molecule has 6 nitrogen and oxygen atoms in total. The Labute approximate surface area is 198 Å². The zero-order valence-electron chi connectivity index (χ0n) is 18.6. The maximum absolute atomic E-state index is 12.0. The Bertz CT molecular complexity index is 704. The molecule has 0 spiro atoms. The van der Waals surface area contributed by atoms with Crippen LogP contribution in [0.25, 0.3) is 0 Å². The van der Waals surface area contributed by atoms with Gasteiger partial charge in [-0.3, -0.25) is 14.7 Å². The van der Waals surface area contributed by atoms with Gasteiger partial charge in [-0.05, 0) is 51.2 Å². The van der Waals surface area contributed by atoms with Crippen LogP contribution in [0.15, 0.2) is 29.3 Å². The van der Waals surface area contributed by atoms with E-state index < -0.39 is 0 Å². The standard InChI is InChI=1S/C23H36N4O2.HI/c1-4-24-23(26-13-11-20(12-14-26)22(28)29-5-2)25-16-18(3)27-15-10-19-8-6-7-9-21(19)17-27;/h6-9,18,20H,4-5,10-17H2,1-3H3,(H,24,25);1H. The maximum Gasteiger partial charge on any atom is 0.309 e. The molecule has 2 heterocycles. The lowest BCUT2D eigenvalue weighted by atomic mass is 9.97. The first-order valence-corrected chi connectivity index (χ1v) is 11.1. The van der Waals surface area contributed by atoms with Gasteiger partial charge in [-0.15, -0.1) is 24.0 Å². The van der Waals surface area contributed by atoms with Gasteiger partial charge in [0.1, 0.15) is 0 Å². The van der Waals surface area contributed by atoms with Gasteiger partial charge in [0.15, 0.2) is 5.96 Å². The van der Waals surface area contributed by atoms with Crippen LogP contribution < -0.4 is 5.32 Å². The lowest BCUT2D eigenvalue weighted by molar-refractivity contribution is -0.149. The average Bonchev–Trinajstić information content (AvgIpc) is 2.76. The molecule has 0 aromatic heterocycles. The number of carbonyl (C=O) groups is 1. The van der Waals surface area contributed by atoms with Crippen molar-refractivity contribution in [2.45, 2.75) is 52.6 Å². The van der Waals surface area contributed by atoms with Gasteiger partial charge < -0.3 is 15.0 Å². The number of esters is 1. The van der Waals surface area contributed by atoms with Crippen molar-refractivity contribution in [1.82, 2.24) is 15.1 Å². The minimum absolute atomic E-state index is 0. The number of nitrogens with zero attached hydrogens (tertiary/aromatic N) is 3. The zero-order valence-corrected chi connectivity index (χ0v) is 20.9. The molecular formula is C23H37IN4O2. The second-order valence-corrected chi connectivity index (χ2v) is 8.05. The van der Waals surface area contributed by atoms with Crippen LogP contribution in [-0.2, 0) is 22.5 Å². The molecule has 1 unspecified atom stereocenters. The number of nitrogens with one attached hydrogen (secondary N) is 1. The number of piperidine rings is 1. The summed E-state index contributed by atoms with van der Waals surface area (Å²) in [6.45, 7) is 12.1. The van der Waals surface area contributed by atoms with Gasteiger partial charge in [-0.2, -0.15) is 0 Å². The summed E-state index contributed by atoms with van der Waals surface area (Å²) in [5, 5.41) is 3.44. The largest absolute Gasteiger partial charge is 0.466 e. The Hall–Kier alpha value is -1.35. The first-order valence-electron chi connectivity index (χ1n) is 11.1. The summed E-state index contributed by atoms with van der Waals surface area (Å²) in [5.41, 5.74) is 2.93. The lowest BCUT2D eigenvalue weighted by Crippen LogP contribution is -2.47. The van der Waals surface area contributed by atoms with Crippen molar-refractivity contribution < 1.29 is 9.53 Å². The Morgan fingerprint density at radius 3 is 2.57 bits per heavy atom. The molecule has 1 aromatic carbocycles. The summed E-state index contributed by atoms with van der Waals surface area (Å²) < 4.78 is 5.19. The fourth-order valence-corrected chi connectivity index (χ4v) is 4.24.